The van der Waals surface area contributed by atoms with Crippen LogP contribution in [0.4, 0.5) is 0 Å². The number of nitrogens with two attached hydrogens (primary N) is 1. The van der Waals surface area contributed by atoms with Gasteiger partial charge in [-0.25, -0.2) is 9.97 Å². The molecule has 7 heteroatoms. The summed E-state index contributed by atoms with van der Waals surface area (Å²) in [6.45, 7) is 9.13. The summed E-state index contributed by atoms with van der Waals surface area (Å²) in [4.78, 5) is 33.2. The van der Waals surface area contributed by atoms with E-state index in [4.69, 9.17) is 5.73 Å². The SMILES string of the molecule is CC1(C)CC(CC(=O)NCCc2nc(-c3ccccc3)ncc2C(N)=O)CC(C)(C)N1. The topological polar surface area (TPSA) is 110 Å². The molecule has 1 aromatic carbocycles. The minimum absolute atomic E-state index is 0.0118. The maximum Gasteiger partial charge on any atom is 0.252 e. The number of primary amides is 1. The van der Waals surface area contributed by atoms with Crippen molar-refractivity contribution in [3.8, 4) is 11.4 Å². The Morgan fingerprint density at radius 2 is 1.77 bits per heavy atom. The van der Waals surface area contributed by atoms with Crippen LogP contribution in [0.2, 0.25) is 0 Å². The highest BCUT2D eigenvalue weighted by molar-refractivity contribution is 5.93. The molecule has 0 atom stereocenters. The Labute approximate surface area is 184 Å². The monoisotopic (exact) mass is 423 g/mol. The summed E-state index contributed by atoms with van der Waals surface area (Å²) in [5.41, 5.74) is 7.22. The molecule has 0 unspecified atom stereocenters. The summed E-state index contributed by atoms with van der Waals surface area (Å²) in [6, 6.07) is 9.55. The van der Waals surface area contributed by atoms with Crippen LogP contribution in [0.15, 0.2) is 36.5 Å². The number of nitrogens with one attached hydrogen (secondary N) is 2. The Morgan fingerprint density at radius 1 is 1.13 bits per heavy atom. The molecule has 31 heavy (non-hydrogen) atoms. The maximum atomic E-state index is 12.6. The van der Waals surface area contributed by atoms with E-state index in [0.717, 1.165) is 18.4 Å². The van der Waals surface area contributed by atoms with Gasteiger partial charge in [0.1, 0.15) is 0 Å². The van der Waals surface area contributed by atoms with Crippen molar-refractivity contribution < 1.29 is 9.59 Å². The third-order valence-corrected chi connectivity index (χ3v) is 5.60. The van der Waals surface area contributed by atoms with Crippen molar-refractivity contribution in [1.82, 2.24) is 20.6 Å². The number of carbonyl (C=O) groups excluding carboxylic acids is 2. The number of piperidine rings is 1. The Kier molecular flexibility index (Phi) is 6.74. The van der Waals surface area contributed by atoms with E-state index in [9.17, 15) is 9.59 Å². The van der Waals surface area contributed by atoms with Crippen molar-refractivity contribution in [3.05, 3.63) is 47.8 Å². The highest BCUT2D eigenvalue weighted by Crippen LogP contribution is 2.34. The molecule has 0 aliphatic carbocycles. The summed E-state index contributed by atoms with van der Waals surface area (Å²) in [5, 5.41) is 6.63. The number of hydrogen-bond acceptors (Lipinski definition) is 5. The lowest BCUT2D eigenvalue weighted by Gasteiger charge is -2.46. The first-order chi connectivity index (χ1) is 14.5. The lowest BCUT2D eigenvalue weighted by molar-refractivity contribution is -0.122. The van der Waals surface area contributed by atoms with Crippen LogP contribution in [0, 0.1) is 5.92 Å². The minimum Gasteiger partial charge on any atom is -0.365 e. The number of aromatic nitrogens is 2. The zero-order chi connectivity index (χ0) is 22.6. The summed E-state index contributed by atoms with van der Waals surface area (Å²) >= 11 is 0. The molecular formula is C24H33N5O2. The number of benzene rings is 1. The lowest BCUT2D eigenvalue weighted by Crippen LogP contribution is -2.58. The van der Waals surface area contributed by atoms with Gasteiger partial charge in [-0.15, -0.1) is 0 Å². The molecule has 1 aliphatic heterocycles. The predicted octanol–water partition coefficient (Wildman–Crippen LogP) is 2.85. The summed E-state index contributed by atoms with van der Waals surface area (Å²) in [6.07, 6.45) is 4.30. The van der Waals surface area contributed by atoms with Crippen LogP contribution in [-0.2, 0) is 11.2 Å². The van der Waals surface area contributed by atoms with Crippen LogP contribution in [0.5, 0.6) is 0 Å². The molecule has 1 fully saturated rings. The largest absolute Gasteiger partial charge is 0.365 e. The second-order valence-corrected chi connectivity index (χ2v) is 9.76. The fraction of sp³-hybridized carbons (Fsp3) is 0.500. The van der Waals surface area contributed by atoms with Crippen LogP contribution in [0.25, 0.3) is 11.4 Å². The van der Waals surface area contributed by atoms with Crippen molar-refractivity contribution in [2.75, 3.05) is 6.54 Å². The molecule has 4 N–H and O–H groups in total. The average Bonchev–Trinajstić information content (AvgIpc) is 2.66. The Bertz CT molecular complexity index is 924. The smallest absolute Gasteiger partial charge is 0.252 e. The number of hydrogen-bond donors (Lipinski definition) is 3. The molecule has 0 spiro atoms. The van der Waals surface area contributed by atoms with Gasteiger partial charge in [-0.1, -0.05) is 30.3 Å². The van der Waals surface area contributed by atoms with E-state index in [-0.39, 0.29) is 22.5 Å². The van der Waals surface area contributed by atoms with Gasteiger partial charge in [-0.3, -0.25) is 9.59 Å². The average molecular weight is 424 g/mol. The molecule has 0 bridgehead atoms. The van der Waals surface area contributed by atoms with Gasteiger partial charge >= 0.3 is 0 Å². The number of carbonyl (C=O) groups is 2. The molecule has 2 heterocycles. The number of nitrogens with zero attached hydrogens (tertiary/aromatic N) is 2. The third-order valence-electron chi connectivity index (χ3n) is 5.60. The van der Waals surface area contributed by atoms with Crippen molar-refractivity contribution in [2.45, 2.75) is 64.5 Å². The van der Waals surface area contributed by atoms with Crippen molar-refractivity contribution >= 4 is 11.8 Å². The highest BCUT2D eigenvalue weighted by atomic mass is 16.2. The van der Waals surface area contributed by atoms with E-state index in [1.54, 1.807) is 0 Å². The molecule has 1 saturated heterocycles. The standard InChI is InChI=1S/C24H33N5O2/c1-23(2)13-16(14-24(3,4)29-23)12-20(30)26-11-10-19-18(21(25)31)15-27-22(28-19)17-8-6-5-7-9-17/h5-9,15-16,29H,10-14H2,1-4H3,(H2,25,31)(H,26,30). The molecule has 1 aliphatic rings. The van der Waals surface area contributed by atoms with Gasteiger partial charge in [0, 0.05) is 42.2 Å². The van der Waals surface area contributed by atoms with Crippen molar-refractivity contribution in [2.24, 2.45) is 11.7 Å². The normalized spacial score (nSPS) is 17.8. The van der Waals surface area contributed by atoms with Gasteiger partial charge in [0.15, 0.2) is 5.82 Å². The molecular weight excluding hydrogens is 390 g/mol. The Morgan fingerprint density at radius 3 is 2.39 bits per heavy atom. The Hall–Kier alpha value is -2.80. The van der Waals surface area contributed by atoms with Gasteiger partial charge in [0.25, 0.3) is 5.91 Å². The first-order valence-corrected chi connectivity index (χ1v) is 10.8. The second kappa shape index (κ2) is 9.14. The Balaban J connectivity index is 1.61. The van der Waals surface area contributed by atoms with Crippen molar-refractivity contribution in [3.63, 3.8) is 0 Å². The van der Waals surface area contributed by atoms with Gasteiger partial charge in [-0.05, 0) is 46.5 Å². The quantitative estimate of drug-likeness (QED) is 0.634. The molecule has 0 saturated carbocycles. The number of rotatable bonds is 7. The van der Waals surface area contributed by atoms with E-state index in [2.05, 4.69) is 48.3 Å². The van der Waals surface area contributed by atoms with Gasteiger partial charge in [0.2, 0.25) is 5.91 Å². The summed E-state index contributed by atoms with van der Waals surface area (Å²) < 4.78 is 0. The highest BCUT2D eigenvalue weighted by Gasteiger charge is 2.38. The molecule has 2 aromatic rings. The third kappa shape index (κ3) is 6.34. The molecule has 166 valence electrons. The van der Waals surface area contributed by atoms with Crippen LogP contribution >= 0.6 is 0 Å². The first-order valence-electron chi connectivity index (χ1n) is 10.8. The summed E-state index contributed by atoms with van der Waals surface area (Å²) in [5.74, 6) is 0.318. The van der Waals surface area contributed by atoms with Gasteiger partial charge in [0.05, 0.1) is 11.3 Å². The van der Waals surface area contributed by atoms with Crippen LogP contribution in [0.1, 0.15) is 63.0 Å². The fourth-order valence-corrected chi connectivity index (χ4v) is 4.87. The summed E-state index contributed by atoms with van der Waals surface area (Å²) in [7, 11) is 0. The first kappa shape index (κ1) is 22.9. The van der Waals surface area contributed by atoms with Crippen LogP contribution in [-0.4, -0.2) is 39.4 Å². The van der Waals surface area contributed by atoms with E-state index in [0.29, 0.717) is 36.8 Å². The second-order valence-electron chi connectivity index (χ2n) is 9.76. The minimum atomic E-state index is -0.569. The zero-order valence-corrected chi connectivity index (χ0v) is 18.9. The van der Waals surface area contributed by atoms with E-state index in [1.807, 2.05) is 30.3 Å². The molecule has 1 aromatic heterocycles. The van der Waals surface area contributed by atoms with E-state index in [1.165, 1.54) is 6.20 Å². The van der Waals surface area contributed by atoms with Crippen LogP contribution < -0.4 is 16.4 Å². The van der Waals surface area contributed by atoms with Crippen molar-refractivity contribution in [1.29, 1.82) is 0 Å². The predicted molar refractivity (Wildman–Crippen MR) is 121 cm³/mol. The van der Waals surface area contributed by atoms with E-state index < -0.39 is 5.91 Å². The van der Waals surface area contributed by atoms with E-state index >= 15 is 0 Å². The number of amides is 2. The maximum absolute atomic E-state index is 12.6. The molecule has 3 rings (SSSR count). The van der Waals surface area contributed by atoms with Crippen LogP contribution in [0.3, 0.4) is 0 Å². The van der Waals surface area contributed by atoms with Gasteiger partial charge < -0.3 is 16.4 Å². The lowest BCUT2D eigenvalue weighted by atomic mass is 9.74. The van der Waals surface area contributed by atoms with Gasteiger partial charge in [-0.2, -0.15) is 0 Å². The molecule has 0 radical (unpaired) electrons. The fourth-order valence-electron chi connectivity index (χ4n) is 4.87. The zero-order valence-electron chi connectivity index (χ0n) is 18.9. The molecule has 2 amide bonds. The molecule has 7 nitrogen and oxygen atoms in total.